The lowest BCUT2D eigenvalue weighted by Gasteiger charge is -2.11. The molecular formula is C16H16N4O5. The van der Waals surface area contributed by atoms with Crippen molar-refractivity contribution in [3.63, 3.8) is 0 Å². The quantitative estimate of drug-likeness (QED) is 0.708. The van der Waals surface area contributed by atoms with Gasteiger partial charge in [0.1, 0.15) is 5.82 Å². The number of hydrogen-bond acceptors (Lipinski definition) is 6. The number of aryl methyl sites for hydroxylation is 1. The van der Waals surface area contributed by atoms with Gasteiger partial charge in [-0.2, -0.15) is 0 Å². The highest BCUT2D eigenvalue weighted by atomic mass is 16.5. The molecule has 1 N–H and O–H groups in total. The van der Waals surface area contributed by atoms with Crippen molar-refractivity contribution in [2.75, 3.05) is 14.2 Å². The van der Waals surface area contributed by atoms with Gasteiger partial charge in [0.15, 0.2) is 11.5 Å². The number of carbonyl (C=O) groups is 1. The first-order chi connectivity index (χ1) is 12.0. The molecule has 0 saturated heterocycles. The first-order valence-electron chi connectivity index (χ1n) is 7.44. The number of carboxylic acid groups (broad SMARTS) is 1. The molecule has 0 amide bonds. The Balaban J connectivity index is 2.05. The fourth-order valence-electron chi connectivity index (χ4n) is 2.50. The van der Waals surface area contributed by atoms with Gasteiger partial charge in [0.25, 0.3) is 0 Å². The van der Waals surface area contributed by atoms with E-state index in [-0.39, 0.29) is 24.0 Å². The van der Waals surface area contributed by atoms with Gasteiger partial charge in [0.05, 0.1) is 26.3 Å². The topological polar surface area (TPSA) is 108 Å². The van der Waals surface area contributed by atoms with E-state index in [1.54, 1.807) is 30.6 Å². The van der Waals surface area contributed by atoms with Crippen molar-refractivity contribution in [1.29, 1.82) is 0 Å². The molecule has 0 aliphatic carbocycles. The zero-order valence-electron chi connectivity index (χ0n) is 13.7. The van der Waals surface area contributed by atoms with E-state index in [0.717, 1.165) is 0 Å². The summed E-state index contributed by atoms with van der Waals surface area (Å²) in [6.07, 6.45) is 3.31. The molecule has 0 atom stereocenters. The number of methoxy groups -OCH3 is 2. The monoisotopic (exact) mass is 344 g/mol. The van der Waals surface area contributed by atoms with Crippen molar-refractivity contribution in [3.05, 3.63) is 46.8 Å². The molecule has 3 rings (SSSR count). The second kappa shape index (κ2) is 6.63. The van der Waals surface area contributed by atoms with Crippen LogP contribution in [0.5, 0.6) is 11.5 Å². The molecule has 0 saturated carbocycles. The molecule has 9 nitrogen and oxygen atoms in total. The third-order valence-corrected chi connectivity index (χ3v) is 3.75. The van der Waals surface area contributed by atoms with Crippen LogP contribution in [0.2, 0.25) is 0 Å². The van der Waals surface area contributed by atoms with Gasteiger partial charge in [-0.25, -0.2) is 0 Å². The molecular weight excluding hydrogens is 328 g/mol. The Kier molecular flexibility index (Phi) is 4.38. The Morgan fingerprint density at radius 1 is 1.16 bits per heavy atom. The predicted molar refractivity (Wildman–Crippen MR) is 87.6 cm³/mol. The number of aromatic nitrogens is 4. The van der Waals surface area contributed by atoms with Gasteiger partial charge >= 0.3 is 11.5 Å². The molecule has 130 valence electrons. The molecule has 9 heteroatoms. The summed E-state index contributed by atoms with van der Waals surface area (Å²) < 4.78 is 13.4. The van der Waals surface area contributed by atoms with Crippen LogP contribution in [0.25, 0.3) is 11.3 Å². The first kappa shape index (κ1) is 16.5. The molecule has 1 aromatic carbocycles. The summed E-state index contributed by atoms with van der Waals surface area (Å²) in [7, 11) is 3.05. The summed E-state index contributed by atoms with van der Waals surface area (Å²) in [6, 6.07) is 5.10. The van der Waals surface area contributed by atoms with E-state index in [1.807, 2.05) is 0 Å². The van der Waals surface area contributed by atoms with Crippen LogP contribution in [0, 0.1) is 0 Å². The summed E-state index contributed by atoms with van der Waals surface area (Å²) in [6.45, 7) is 0. The third-order valence-electron chi connectivity index (χ3n) is 3.75. The summed E-state index contributed by atoms with van der Waals surface area (Å²) >= 11 is 0. The second-order valence-corrected chi connectivity index (χ2v) is 5.22. The van der Waals surface area contributed by atoms with Crippen molar-refractivity contribution in [2.45, 2.75) is 12.8 Å². The highest BCUT2D eigenvalue weighted by Crippen LogP contribution is 2.28. The maximum absolute atomic E-state index is 12.7. The Hall–Kier alpha value is -3.36. The van der Waals surface area contributed by atoms with Gasteiger partial charge in [0, 0.05) is 24.9 Å². The molecule has 3 aromatic rings. The number of rotatable bonds is 6. The van der Waals surface area contributed by atoms with E-state index in [4.69, 9.17) is 14.6 Å². The second-order valence-electron chi connectivity index (χ2n) is 5.22. The molecule has 2 aromatic heterocycles. The van der Waals surface area contributed by atoms with Gasteiger partial charge in [-0.05, 0) is 12.1 Å². The van der Waals surface area contributed by atoms with Gasteiger partial charge in [-0.1, -0.05) is 0 Å². The largest absolute Gasteiger partial charge is 0.493 e. The summed E-state index contributed by atoms with van der Waals surface area (Å²) in [5, 5.41) is 16.6. The standard InChI is InChI=1S/C16H16N4O5/c1-24-11-4-3-10(9-12(11)25-2)19-7-8-20-13(5-6-14(21)22)17-18-15(20)16(19)23/h3-4,7-9H,5-6H2,1-2H3,(H,21,22). The van der Waals surface area contributed by atoms with Crippen LogP contribution in [-0.4, -0.2) is 44.5 Å². The minimum absolute atomic E-state index is 0.0838. The molecule has 0 fully saturated rings. The lowest BCUT2D eigenvalue weighted by molar-refractivity contribution is -0.137. The van der Waals surface area contributed by atoms with E-state index in [2.05, 4.69) is 10.2 Å². The predicted octanol–water partition coefficient (Wildman–Crippen LogP) is 0.915. The zero-order chi connectivity index (χ0) is 18.0. The van der Waals surface area contributed by atoms with Crippen molar-refractivity contribution in [2.24, 2.45) is 0 Å². The maximum Gasteiger partial charge on any atom is 0.303 e. The summed E-state index contributed by atoms with van der Waals surface area (Å²) in [5.74, 6) is 0.540. The summed E-state index contributed by atoms with van der Waals surface area (Å²) in [4.78, 5) is 23.4. The molecule has 0 aliphatic heterocycles. The number of nitrogens with zero attached hydrogens (tertiary/aromatic N) is 4. The molecule has 0 unspecified atom stereocenters. The molecule has 0 bridgehead atoms. The van der Waals surface area contributed by atoms with Crippen molar-refractivity contribution < 1.29 is 19.4 Å². The van der Waals surface area contributed by atoms with E-state index >= 15 is 0 Å². The van der Waals surface area contributed by atoms with Crippen LogP contribution in [0.1, 0.15) is 12.2 Å². The average Bonchev–Trinajstić information content (AvgIpc) is 3.03. The Morgan fingerprint density at radius 3 is 2.60 bits per heavy atom. The number of aliphatic carboxylic acids is 1. The van der Waals surface area contributed by atoms with E-state index < -0.39 is 5.97 Å². The van der Waals surface area contributed by atoms with E-state index in [1.165, 1.54) is 23.2 Å². The summed E-state index contributed by atoms with van der Waals surface area (Å²) in [5.41, 5.74) is 0.335. The Labute approximate surface area is 142 Å². The number of fused-ring (bicyclic) bond motifs is 1. The highest BCUT2D eigenvalue weighted by molar-refractivity contribution is 5.66. The average molecular weight is 344 g/mol. The number of carboxylic acids is 1. The fourth-order valence-corrected chi connectivity index (χ4v) is 2.50. The van der Waals surface area contributed by atoms with Gasteiger partial charge in [0.2, 0.25) is 5.65 Å². The van der Waals surface area contributed by atoms with Crippen LogP contribution >= 0.6 is 0 Å². The van der Waals surface area contributed by atoms with Crippen molar-refractivity contribution in [3.8, 4) is 17.2 Å². The van der Waals surface area contributed by atoms with Gasteiger partial charge in [-0.15, -0.1) is 10.2 Å². The smallest absolute Gasteiger partial charge is 0.303 e. The third kappa shape index (κ3) is 3.03. The SMILES string of the molecule is COc1ccc(-n2ccn3c(CCC(=O)O)nnc3c2=O)cc1OC. The molecule has 0 radical (unpaired) electrons. The van der Waals surface area contributed by atoms with Crippen LogP contribution in [-0.2, 0) is 11.2 Å². The molecule has 0 aliphatic rings. The molecule has 25 heavy (non-hydrogen) atoms. The maximum atomic E-state index is 12.7. The fraction of sp³-hybridized carbons (Fsp3) is 0.250. The molecule has 2 heterocycles. The number of benzene rings is 1. The van der Waals surface area contributed by atoms with Crippen LogP contribution in [0.4, 0.5) is 0 Å². The van der Waals surface area contributed by atoms with Gasteiger partial charge in [-0.3, -0.25) is 18.6 Å². The van der Waals surface area contributed by atoms with Crippen LogP contribution in [0.15, 0.2) is 35.4 Å². The van der Waals surface area contributed by atoms with Gasteiger partial charge < -0.3 is 14.6 Å². The van der Waals surface area contributed by atoms with Crippen molar-refractivity contribution >= 4 is 11.6 Å². The van der Waals surface area contributed by atoms with Crippen LogP contribution in [0.3, 0.4) is 0 Å². The zero-order valence-corrected chi connectivity index (χ0v) is 13.7. The van der Waals surface area contributed by atoms with E-state index in [9.17, 15) is 9.59 Å². The van der Waals surface area contributed by atoms with E-state index in [0.29, 0.717) is 23.0 Å². The number of hydrogen-bond donors (Lipinski definition) is 1. The first-order valence-corrected chi connectivity index (χ1v) is 7.44. The highest BCUT2D eigenvalue weighted by Gasteiger charge is 2.13. The Bertz CT molecular complexity index is 992. The van der Waals surface area contributed by atoms with Crippen LogP contribution < -0.4 is 15.0 Å². The van der Waals surface area contributed by atoms with Crippen molar-refractivity contribution in [1.82, 2.24) is 19.2 Å². The lowest BCUT2D eigenvalue weighted by Crippen LogP contribution is -2.20. The normalized spacial score (nSPS) is 10.8. The Morgan fingerprint density at radius 2 is 1.92 bits per heavy atom. The minimum atomic E-state index is -0.935. The number of ether oxygens (including phenoxy) is 2. The lowest BCUT2D eigenvalue weighted by atomic mass is 10.2. The molecule has 0 spiro atoms. The minimum Gasteiger partial charge on any atom is -0.493 e.